The van der Waals surface area contributed by atoms with Gasteiger partial charge in [-0.25, -0.2) is 14.4 Å². The Kier molecular flexibility index (Phi) is 11.2. The molecule has 1 unspecified atom stereocenters. The Morgan fingerprint density at radius 3 is 2.10 bits per heavy atom. The molecule has 0 aromatic heterocycles. The van der Waals surface area contributed by atoms with Gasteiger partial charge in [-0.05, 0) is 51.0 Å². The van der Waals surface area contributed by atoms with Gasteiger partial charge >= 0.3 is 24.0 Å². The van der Waals surface area contributed by atoms with Crippen LogP contribution in [0.5, 0.6) is 0 Å². The Labute approximate surface area is 336 Å². The molecule has 1 aliphatic heterocycles. The molecule has 15 heteroatoms. The van der Waals surface area contributed by atoms with E-state index in [4.69, 9.17) is 23.7 Å². The molecular formula is C43H53NO14. The van der Waals surface area contributed by atoms with Crippen LogP contribution in [0.3, 0.4) is 0 Å². The fourth-order valence-corrected chi connectivity index (χ4v) is 9.54. The van der Waals surface area contributed by atoms with E-state index in [1.54, 1.807) is 69.3 Å². The fraction of sp³-hybridized carbons (Fsp3) is 0.558. The fourth-order valence-electron chi connectivity index (χ4n) is 9.54. The summed E-state index contributed by atoms with van der Waals surface area (Å²) >= 11 is 0. The number of aliphatic hydroxyl groups excluding tert-OH is 3. The van der Waals surface area contributed by atoms with E-state index in [2.05, 4.69) is 5.32 Å². The zero-order valence-corrected chi connectivity index (χ0v) is 33.9. The Hall–Kier alpha value is -4.67. The van der Waals surface area contributed by atoms with Crippen molar-refractivity contribution in [1.29, 1.82) is 0 Å². The summed E-state index contributed by atoms with van der Waals surface area (Å²) in [6.07, 6.45) is -11.4. The minimum atomic E-state index is -2.37. The third kappa shape index (κ3) is 7.10. The maximum atomic E-state index is 14.8. The Bertz CT molecular complexity index is 1980. The van der Waals surface area contributed by atoms with E-state index in [0.717, 1.165) is 6.92 Å². The number of carbonyl (C=O) groups is 5. The van der Waals surface area contributed by atoms with Crippen LogP contribution in [0.4, 0.5) is 4.79 Å². The van der Waals surface area contributed by atoms with Crippen molar-refractivity contribution in [3.05, 3.63) is 82.9 Å². The van der Waals surface area contributed by atoms with Crippen molar-refractivity contribution in [2.24, 2.45) is 16.7 Å². The Morgan fingerprint density at radius 2 is 1.55 bits per heavy atom. The molecule has 2 aromatic rings. The van der Waals surface area contributed by atoms with Crippen LogP contribution in [0.1, 0.15) is 90.2 Å². The lowest BCUT2D eigenvalue weighted by Crippen LogP contribution is -2.82. The zero-order chi connectivity index (χ0) is 42.7. The number of esters is 3. The van der Waals surface area contributed by atoms with Crippen LogP contribution in [0, 0.1) is 16.7 Å². The summed E-state index contributed by atoms with van der Waals surface area (Å²) in [6, 6.07) is 14.6. The summed E-state index contributed by atoms with van der Waals surface area (Å²) in [7, 11) is 0. The van der Waals surface area contributed by atoms with Crippen molar-refractivity contribution in [3.8, 4) is 0 Å². The first-order chi connectivity index (χ1) is 27.0. The van der Waals surface area contributed by atoms with Crippen LogP contribution in [0.15, 0.2) is 71.8 Å². The Morgan fingerprint density at radius 1 is 0.948 bits per heavy atom. The predicted molar refractivity (Wildman–Crippen MR) is 204 cm³/mol. The second kappa shape index (κ2) is 15.2. The number of hydrogen-bond acceptors (Lipinski definition) is 14. The second-order valence-electron chi connectivity index (χ2n) is 17.6. The number of nitrogens with one attached hydrogen (secondary N) is 1. The predicted octanol–water partition coefficient (Wildman–Crippen LogP) is 3.26. The number of hydrogen-bond donors (Lipinski definition) is 5. The summed E-state index contributed by atoms with van der Waals surface area (Å²) in [6.45, 7) is 11.8. The highest BCUT2D eigenvalue weighted by Crippen LogP contribution is 2.64. The van der Waals surface area contributed by atoms with Crippen LogP contribution >= 0.6 is 0 Å². The summed E-state index contributed by atoms with van der Waals surface area (Å²) in [4.78, 5) is 68.8. The van der Waals surface area contributed by atoms with Gasteiger partial charge in [0.1, 0.15) is 35.6 Å². The molecule has 1 amide bonds. The summed E-state index contributed by atoms with van der Waals surface area (Å²) in [5.74, 6) is -5.32. The number of ether oxygens (including phenoxy) is 5. The summed E-state index contributed by atoms with van der Waals surface area (Å²) in [5, 5.41) is 51.7. The van der Waals surface area contributed by atoms with E-state index in [9.17, 15) is 44.4 Å². The molecule has 0 spiro atoms. The first-order valence-electron chi connectivity index (χ1n) is 19.3. The lowest BCUT2D eigenvalue weighted by Gasteiger charge is -2.68. The van der Waals surface area contributed by atoms with Crippen molar-refractivity contribution in [3.63, 3.8) is 0 Å². The first-order valence-corrected chi connectivity index (χ1v) is 19.3. The molecule has 3 aliphatic carbocycles. The number of ketones is 1. The average Bonchev–Trinajstić information content (AvgIpc) is 3.14. The van der Waals surface area contributed by atoms with E-state index in [1.807, 2.05) is 0 Å². The van der Waals surface area contributed by atoms with E-state index in [1.165, 1.54) is 39.8 Å². The molecule has 1 heterocycles. The van der Waals surface area contributed by atoms with Gasteiger partial charge in [0.2, 0.25) is 0 Å². The van der Waals surface area contributed by atoms with Crippen molar-refractivity contribution in [2.75, 3.05) is 6.61 Å². The number of carbonyl (C=O) groups excluding carboxylic acids is 5. The van der Waals surface area contributed by atoms with Crippen molar-refractivity contribution in [1.82, 2.24) is 5.32 Å². The zero-order valence-electron chi connectivity index (χ0n) is 33.9. The first kappa shape index (κ1) is 42.9. The van der Waals surface area contributed by atoms with Crippen LogP contribution in [-0.2, 0) is 38.1 Å². The molecule has 3 fully saturated rings. The van der Waals surface area contributed by atoms with Gasteiger partial charge in [-0.1, -0.05) is 69.3 Å². The molecular weight excluding hydrogens is 754 g/mol. The van der Waals surface area contributed by atoms with E-state index >= 15 is 0 Å². The third-order valence-electron chi connectivity index (χ3n) is 12.6. The molecule has 2 saturated carbocycles. The van der Waals surface area contributed by atoms with Gasteiger partial charge < -0.3 is 49.4 Å². The van der Waals surface area contributed by atoms with Gasteiger partial charge in [0.05, 0.1) is 30.2 Å². The molecule has 2 bridgehead atoms. The van der Waals surface area contributed by atoms with Gasteiger partial charge in [-0.15, -0.1) is 0 Å². The SMILES string of the molecule is CC(=O)O[C@@]12CO[C@@H]1C[C@@H](O)[C@@]1(C)C(O)C(=O)C3=C(C)[C@@H](OC(=O)[C@H](O)[C@@H](NC(=O)OC(C)(C)C)c4ccccc4)C[C@@](O)([C@@H](OC(=O)c4ccccc4)[C@H]21)C3(C)C. The molecule has 11 atom stereocenters. The molecule has 2 aromatic carbocycles. The molecule has 0 radical (unpaired) electrons. The number of benzene rings is 2. The highest BCUT2D eigenvalue weighted by molar-refractivity contribution is 6.02. The standard InChI is InChI=1S/C43H53NO14/c1-22-26(55-37(51)32(48)30(24-15-11-9-12-16-24)44-38(52)58-39(3,4)5)20-43(53)35(56-36(50)25-17-13-10-14-18-25)33-41(8,34(49)31(47)29(22)40(43,6)7)27(46)19-28-42(33,21-54-28)57-23(2)45/h9-18,26-28,30,32-35,46,48-49,53H,19-21H2,1-8H3,(H,44,52)/t26-,27+,28+,30-,32+,33-,34?,35-,41+,42-,43+/m0/s1. The largest absolute Gasteiger partial charge is 0.456 e. The average molecular weight is 808 g/mol. The Balaban J connectivity index is 1.49. The molecule has 58 heavy (non-hydrogen) atoms. The van der Waals surface area contributed by atoms with Gasteiger partial charge in [-0.2, -0.15) is 0 Å². The molecule has 4 aliphatic rings. The van der Waals surface area contributed by atoms with Gasteiger partial charge in [-0.3, -0.25) is 9.59 Å². The maximum Gasteiger partial charge on any atom is 0.408 e. The molecule has 5 N–H and O–H groups in total. The smallest absolute Gasteiger partial charge is 0.408 e. The number of amides is 1. The van der Waals surface area contributed by atoms with E-state index < -0.39 is 112 Å². The third-order valence-corrected chi connectivity index (χ3v) is 12.6. The van der Waals surface area contributed by atoms with Crippen molar-refractivity contribution >= 4 is 29.8 Å². The summed E-state index contributed by atoms with van der Waals surface area (Å²) < 4.78 is 29.5. The lowest BCUT2D eigenvalue weighted by molar-refractivity contribution is -0.357. The normalized spacial score (nSPS) is 33.7. The van der Waals surface area contributed by atoms with Crippen LogP contribution in [0.2, 0.25) is 0 Å². The molecule has 1 saturated heterocycles. The van der Waals surface area contributed by atoms with Crippen LogP contribution in [0.25, 0.3) is 0 Å². The van der Waals surface area contributed by atoms with E-state index in [0.29, 0.717) is 5.56 Å². The second-order valence-corrected chi connectivity index (χ2v) is 17.6. The van der Waals surface area contributed by atoms with Gasteiger partial charge in [0, 0.05) is 36.2 Å². The van der Waals surface area contributed by atoms with Gasteiger partial charge in [0.15, 0.2) is 17.5 Å². The monoisotopic (exact) mass is 807 g/mol. The number of fused-ring (bicyclic) bond motifs is 5. The maximum absolute atomic E-state index is 14.8. The molecule has 15 nitrogen and oxygen atoms in total. The minimum absolute atomic E-state index is 0.0851. The van der Waals surface area contributed by atoms with Crippen molar-refractivity contribution < 1.29 is 68.1 Å². The molecule has 6 rings (SSSR count). The van der Waals surface area contributed by atoms with Gasteiger partial charge in [0.25, 0.3) is 0 Å². The number of aliphatic hydroxyl groups is 4. The van der Waals surface area contributed by atoms with Crippen molar-refractivity contribution in [2.45, 2.75) is 128 Å². The quantitative estimate of drug-likeness (QED) is 0.191. The molecule has 314 valence electrons. The highest BCUT2D eigenvalue weighted by atomic mass is 16.6. The topological polar surface area (TPSA) is 224 Å². The minimum Gasteiger partial charge on any atom is -0.456 e. The summed E-state index contributed by atoms with van der Waals surface area (Å²) in [5.41, 5.74) is -8.21. The number of rotatable bonds is 8. The lowest BCUT2D eigenvalue weighted by atomic mass is 9.44. The highest BCUT2D eigenvalue weighted by Gasteiger charge is 2.78. The number of alkyl carbamates (subject to hydrolysis) is 1. The van der Waals surface area contributed by atoms with Crippen LogP contribution < -0.4 is 5.32 Å². The van der Waals surface area contributed by atoms with E-state index in [-0.39, 0.29) is 29.7 Å². The number of Topliss-reactive ketones (excluding diaryl/α,β-unsaturated/α-hetero) is 1. The van der Waals surface area contributed by atoms with Crippen LogP contribution in [-0.4, -0.2) is 110 Å².